The monoisotopic (exact) mass is 289 g/mol. The van der Waals surface area contributed by atoms with E-state index in [0.29, 0.717) is 17.7 Å². The molecule has 1 unspecified atom stereocenters. The Kier molecular flexibility index (Phi) is 4.96. The highest BCUT2D eigenvalue weighted by molar-refractivity contribution is 5.99. The summed E-state index contributed by atoms with van der Waals surface area (Å²) in [6, 6.07) is 7.21. The van der Waals surface area contributed by atoms with Crippen LogP contribution in [0.5, 0.6) is 0 Å². The first kappa shape index (κ1) is 15.5. The van der Waals surface area contributed by atoms with Crippen molar-refractivity contribution in [2.24, 2.45) is 0 Å². The van der Waals surface area contributed by atoms with Gasteiger partial charge in [-0.25, -0.2) is 0 Å². The number of carbonyl (C=O) groups excluding carboxylic acids is 2. The third-order valence-corrected chi connectivity index (χ3v) is 4.08. The maximum Gasteiger partial charge on any atom is 0.253 e. The summed E-state index contributed by atoms with van der Waals surface area (Å²) in [6.07, 6.45) is 0.972. The Morgan fingerprint density at radius 3 is 2.48 bits per heavy atom. The van der Waals surface area contributed by atoms with E-state index in [1.165, 1.54) is 0 Å². The Hall–Kier alpha value is -1.88. The zero-order valence-electron chi connectivity index (χ0n) is 12.9. The summed E-state index contributed by atoms with van der Waals surface area (Å²) in [6.45, 7) is 4.35. The molecule has 1 aromatic carbocycles. The lowest BCUT2D eigenvalue weighted by Crippen LogP contribution is -2.38. The molecule has 0 aromatic heterocycles. The second-order valence-electron chi connectivity index (χ2n) is 5.46. The van der Waals surface area contributed by atoms with E-state index in [9.17, 15) is 9.59 Å². The summed E-state index contributed by atoms with van der Waals surface area (Å²) in [5.74, 6) is -0.0881. The van der Waals surface area contributed by atoms with Crippen LogP contribution in [0, 0.1) is 0 Å². The van der Waals surface area contributed by atoms with Gasteiger partial charge < -0.3 is 15.1 Å². The molecule has 1 atom stereocenters. The van der Waals surface area contributed by atoms with Crippen LogP contribution in [-0.2, 0) is 0 Å². The quantitative estimate of drug-likeness (QED) is 0.906. The van der Waals surface area contributed by atoms with Crippen molar-refractivity contribution in [1.29, 1.82) is 0 Å². The Balaban J connectivity index is 2.16. The lowest BCUT2D eigenvalue weighted by Gasteiger charge is -2.24. The van der Waals surface area contributed by atoms with Crippen LogP contribution in [0.1, 0.15) is 34.1 Å². The zero-order valence-corrected chi connectivity index (χ0v) is 12.9. The standard InChI is InChI=1S/C16H23N3O2/c1-4-18(2)15(20)12-6-5-7-13(10-12)16(21)19(3)14-8-9-17-11-14/h5-7,10,14,17H,4,8-9,11H2,1-3H3. The van der Waals surface area contributed by atoms with Crippen molar-refractivity contribution in [2.45, 2.75) is 19.4 Å². The summed E-state index contributed by atoms with van der Waals surface area (Å²) in [5, 5.41) is 3.26. The molecule has 1 aliphatic heterocycles. The number of benzene rings is 1. The molecule has 1 N–H and O–H groups in total. The number of nitrogens with one attached hydrogen (secondary N) is 1. The van der Waals surface area contributed by atoms with Crippen LogP contribution < -0.4 is 5.32 Å². The Bertz CT molecular complexity index is 524. The number of hydrogen-bond acceptors (Lipinski definition) is 3. The maximum atomic E-state index is 12.5. The van der Waals surface area contributed by atoms with E-state index >= 15 is 0 Å². The largest absolute Gasteiger partial charge is 0.342 e. The molecule has 114 valence electrons. The van der Waals surface area contributed by atoms with E-state index in [1.807, 2.05) is 14.0 Å². The number of amides is 2. The van der Waals surface area contributed by atoms with Gasteiger partial charge in [0.1, 0.15) is 0 Å². The number of likely N-dealkylation sites (N-methyl/N-ethyl adjacent to an activating group) is 1. The Morgan fingerprint density at radius 2 is 1.90 bits per heavy atom. The van der Waals surface area contributed by atoms with Crippen LogP contribution in [0.25, 0.3) is 0 Å². The number of hydrogen-bond donors (Lipinski definition) is 1. The van der Waals surface area contributed by atoms with Crippen LogP contribution >= 0.6 is 0 Å². The van der Waals surface area contributed by atoms with Crippen molar-refractivity contribution < 1.29 is 9.59 Å². The van der Waals surface area contributed by atoms with E-state index < -0.39 is 0 Å². The number of rotatable bonds is 4. The Labute approximate surface area is 125 Å². The van der Waals surface area contributed by atoms with E-state index in [4.69, 9.17) is 0 Å². The van der Waals surface area contributed by atoms with Gasteiger partial charge in [0.15, 0.2) is 0 Å². The summed E-state index contributed by atoms with van der Waals surface area (Å²) in [5.41, 5.74) is 1.13. The highest BCUT2D eigenvalue weighted by Gasteiger charge is 2.24. The predicted molar refractivity (Wildman–Crippen MR) is 82.4 cm³/mol. The molecule has 0 aliphatic carbocycles. The minimum Gasteiger partial charge on any atom is -0.342 e. The average Bonchev–Trinajstić information content (AvgIpc) is 3.06. The van der Waals surface area contributed by atoms with Gasteiger partial charge in [-0.2, -0.15) is 0 Å². The first-order valence-corrected chi connectivity index (χ1v) is 7.38. The molecule has 1 saturated heterocycles. The van der Waals surface area contributed by atoms with Gasteiger partial charge in [0, 0.05) is 44.4 Å². The molecule has 0 saturated carbocycles. The molecular weight excluding hydrogens is 266 g/mol. The van der Waals surface area contributed by atoms with Crippen molar-refractivity contribution in [3.63, 3.8) is 0 Å². The first-order chi connectivity index (χ1) is 10.0. The second-order valence-corrected chi connectivity index (χ2v) is 5.46. The van der Waals surface area contributed by atoms with Gasteiger partial charge in [-0.05, 0) is 38.1 Å². The molecule has 0 radical (unpaired) electrons. The zero-order chi connectivity index (χ0) is 15.4. The van der Waals surface area contributed by atoms with Crippen molar-refractivity contribution >= 4 is 11.8 Å². The molecule has 2 rings (SSSR count). The van der Waals surface area contributed by atoms with Crippen molar-refractivity contribution in [1.82, 2.24) is 15.1 Å². The van der Waals surface area contributed by atoms with Gasteiger partial charge in [0.05, 0.1) is 0 Å². The Morgan fingerprint density at radius 1 is 1.24 bits per heavy atom. The van der Waals surface area contributed by atoms with E-state index in [-0.39, 0.29) is 17.9 Å². The topological polar surface area (TPSA) is 52.7 Å². The fraction of sp³-hybridized carbons (Fsp3) is 0.500. The molecule has 1 heterocycles. The van der Waals surface area contributed by atoms with E-state index in [2.05, 4.69) is 5.32 Å². The molecule has 5 heteroatoms. The average molecular weight is 289 g/mol. The predicted octanol–water partition coefficient (Wildman–Crippen LogP) is 1.21. The first-order valence-electron chi connectivity index (χ1n) is 7.38. The van der Waals surface area contributed by atoms with Gasteiger partial charge in [-0.3, -0.25) is 9.59 Å². The molecule has 1 aromatic rings. The number of nitrogens with zero attached hydrogens (tertiary/aromatic N) is 2. The van der Waals surface area contributed by atoms with Crippen molar-refractivity contribution in [3.05, 3.63) is 35.4 Å². The third kappa shape index (κ3) is 3.42. The van der Waals surface area contributed by atoms with Crippen LogP contribution in [0.4, 0.5) is 0 Å². The van der Waals surface area contributed by atoms with Crippen LogP contribution in [0.2, 0.25) is 0 Å². The van der Waals surface area contributed by atoms with Gasteiger partial charge in [0.2, 0.25) is 0 Å². The minimum absolute atomic E-state index is 0.0301. The second kappa shape index (κ2) is 6.72. The molecule has 21 heavy (non-hydrogen) atoms. The normalized spacial score (nSPS) is 17.6. The maximum absolute atomic E-state index is 12.5. The third-order valence-electron chi connectivity index (χ3n) is 4.08. The fourth-order valence-corrected chi connectivity index (χ4v) is 2.49. The number of carbonyl (C=O) groups is 2. The smallest absolute Gasteiger partial charge is 0.253 e. The van der Waals surface area contributed by atoms with Crippen LogP contribution in [0.3, 0.4) is 0 Å². The van der Waals surface area contributed by atoms with Gasteiger partial charge in [0.25, 0.3) is 11.8 Å². The molecule has 1 aliphatic rings. The molecule has 2 amide bonds. The lowest BCUT2D eigenvalue weighted by atomic mass is 10.1. The van der Waals surface area contributed by atoms with Gasteiger partial charge in [-0.15, -0.1) is 0 Å². The van der Waals surface area contributed by atoms with Crippen LogP contribution in [-0.4, -0.2) is 61.4 Å². The van der Waals surface area contributed by atoms with E-state index in [0.717, 1.165) is 19.5 Å². The van der Waals surface area contributed by atoms with E-state index in [1.54, 1.807) is 41.1 Å². The summed E-state index contributed by atoms with van der Waals surface area (Å²) in [4.78, 5) is 28.1. The fourth-order valence-electron chi connectivity index (χ4n) is 2.49. The molecule has 5 nitrogen and oxygen atoms in total. The van der Waals surface area contributed by atoms with Crippen LogP contribution in [0.15, 0.2) is 24.3 Å². The highest BCUT2D eigenvalue weighted by Crippen LogP contribution is 2.14. The molecule has 0 spiro atoms. The summed E-state index contributed by atoms with van der Waals surface area (Å²) < 4.78 is 0. The molecule has 0 bridgehead atoms. The minimum atomic E-state index is -0.0580. The highest BCUT2D eigenvalue weighted by atomic mass is 16.2. The van der Waals surface area contributed by atoms with Crippen molar-refractivity contribution in [2.75, 3.05) is 33.7 Å². The summed E-state index contributed by atoms with van der Waals surface area (Å²) >= 11 is 0. The molecule has 1 fully saturated rings. The van der Waals surface area contributed by atoms with Crippen molar-refractivity contribution in [3.8, 4) is 0 Å². The lowest BCUT2D eigenvalue weighted by molar-refractivity contribution is 0.0743. The van der Waals surface area contributed by atoms with Gasteiger partial charge >= 0.3 is 0 Å². The summed E-state index contributed by atoms with van der Waals surface area (Å²) in [7, 11) is 3.58. The van der Waals surface area contributed by atoms with Gasteiger partial charge in [-0.1, -0.05) is 6.07 Å². The SMILES string of the molecule is CCN(C)C(=O)c1cccc(C(=O)N(C)C2CCNC2)c1. The molecular formula is C16H23N3O2.